The van der Waals surface area contributed by atoms with E-state index >= 15 is 0 Å². The molecule has 2 heterocycles. The van der Waals surface area contributed by atoms with Gasteiger partial charge in [-0.3, -0.25) is 4.74 Å². The second kappa shape index (κ2) is 3.93. The monoisotopic (exact) mass is 216 g/mol. The predicted molar refractivity (Wildman–Crippen MR) is 61.3 cm³/mol. The van der Waals surface area contributed by atoms with E-state index in [2.05, 4.69) is 35.2 Å². The van der Waals surface area contributed by atoms with Crippen LogP contribution in [0.2, 0.25) is 0 Å². The van der Waals surface area contributed by atoms with Crippen LogP contribution in [0.5, 0.6) is 0 Å². The van der Waals surface area contributed by atoms with Crippen molar-refractivity contribution < 1.29 is 0 Å². The highest BCUT2D eigenvalue weighted by molar-refractivity contribution is 7.59. The maximum absolute atomic E-state index is 4.95. The first kappa shape index (κ1) is 10.6. The molecule has 0 unspecified atom stereocenters. The maximum atomic E-state index is 4.95. The van der Waals surface area contributed by atoms with Gasteiger partial charge in [0.05, 0.1) is 0 Å². The molecule has 0 aliphatic carbocycles. The summed E-state index contributed by atoms with van der Waals surface area (Å²) in [7, 11) is 5.26. The molecule has 14 heavy (non-hydrogen) atoms. The molecule has 0 atom stereocenters. The maximum Gasteiger partial charge on any atom is 0.167 e. The lowest BCUT2D eigenvalue weighted by Crippen LogP contribution is -2.43. The van der Waals surface area contributed by atoms with E-state index in [4.69, 9.17) is 4.74 Å². The number of rotatable bonds is 0. The van der Waals surface area contributed by atoms with Gasteiger partial charge in [-0.15, -0.1) is 0 Å². The minimum absolute atomic E-state index is 1.05. The van der Waals surface area contributed by atoms with Gasteiger partial charge in [-0.1, -0.05) is 0 Å². The van der Waals surface area contributed by atoms with Crippen LogP contribution in [0.3, 0.4) is 0 Å². The van der Waals surface area contributed by atoms with Crippen molar-refractivity contribution in [3.63, 3.8) is 0 Å². The zero-order chi connectivity index (χ0) is 10.2. The summed E-state index contributed by atoms with van der Waals surface area (Å²) in [6.45, 7) is 4.65. The predicted octanol–water partition coefficient (Wildman–Crippen LogP) is 1.54. The van der Waals surface area contributed by atoms with Crippen molar-refractivity contribution in [3.8, 4) is 0 Å². The molecule has 82 valence electrons. The van der Waals surface area contributed by atoms with Crippen LogP contribution < -0.4 is 0 Å². The second-order valence-electron chi connectivity index (χ2n) is 4.25. The molecule has 4 nitrogen and oxygen atoms in total. The molecule has 0 amide bonds. The van der Waals surface area contributed by atoms with Crippen molar-refractivity contribution in [1.82, 2.24) is 14.0 Å². The van der Waals surface area contributed by atoms with Crippen LogP contribution in [-0.4, -0.2) is 61.3 Å². The van der Waals surface area contributed by atoms with Crippen molar-refractivity contribution in [2.24, 2.45) is 4.74 Å². The van der Waals surface area contributed by atoms with Gasteiger partial charge in [0.25, 0.3) is 0 Å². The summed E-state index contributed by atoms with van der Waals surface area (Å²) in [5.74, 6) is 0. The Balaban J connectivity index is 2.37. The third-order valence-corrected chi connectivity index (χ3v) is 7.20. The van der Waals surface area contributed by atoms with Gasteiger partial charge >= 0.3 is 0 Å². The van der Waals surface area contributed by atoms with Crippen LogP contribution in [0.1, 0.15) is 12.8 Å². The number of nitrogens with zero attached hydrogens (tertiary/aromatic N) is 4. The van der Waals surface area contributed by atoms with Gasteiger partial charge in [-0.2, -0.15) is 0 Å². The highest BCUT2D eigenvalue weighted by Gasteiger charge is 2.37. The van der Waals surface area contributed by atoms with E-state index in [1.807, 2.05) is 0 Å². The molecule has 2 aliphatic rings. The highest BCUT2D eigenvalue weighted by atomic mass is 31.2. The Labute approximate surface area is 87.1 Å². The Morgan fingerprint density at radius 1 is 0.857 bits per heavy atom. The summed E-state index contributed by atoms with van der Waals surface area (Å²) in [4.78, 5) is 0. The van der Waals surface area contributed by atoms with E-state index in [0.29, 0.717) is 0 Å². The summed E-state index contributed by atoms with van der Waals surface area (Å²) >= 11 is 0. The molecule has 1 saturated heterocycles. The van der Waals surface area contributed by atoms with E-state index in [1.54, 1.807) is 0 Å². The van der Waals surface area contributed by atoms with Gasteiger partial charge in [0, 0.05) is 26.2 Å². The van der Waals surface area contributed by atoms with Crippen molar-refractivity contribution in [1.29, 1.82) is 0 Å². The molecule has 0 radical (unpaired) electrons. The van der Waals surface area contributed by atoms with Crippen LogP contribution in [0.25, 0.3) is 0 Å². The molecule has 1 spiro atoms. The van der Waals surface area contributed by atoms with Gasteiger partial charge in [0.15, 0.2) is 7.51 Å². The van der Waals surface area contributed by atoms with Gasteiger partial charge in [0.2, 0.25) is 0 Å². The molecule has 5 heteroatoms. The highest BCUT2D eigenvalue weighted by Crippen LogP contribution is 2.60. The first-order valence-electron chi connectivity index (χ1n) is 5.41. The molecular formula is C9H21N4P. The van der Waals surface area contributed by atoms with E-state index < -0.39 is 7.51 Å². The molecule has 0 saturated carbocycles. The van der Waals surface area contributed by atoms with Gasteiger partial charge < -0.3 is 0 Å². The first-order chi connectivity index (χ1) is 6.68. The lowest BCUT2D eigenvalue weighted by atomic mass is 10.4. The van der Waals surface area contributed by atoms with Gasteiger partial charge in [-0.05, 0) is 34.0 Å². The zero-order valence-electron chi connectivity index (χ0n) is 9.48. The smallest absolute Gasteiger partial charge is 0.167 e. The summed E-state index contributed by atoms with van der Waals surface area (Å²) in [5.41, 5.74) is 0. The molecule has 1 fully saturated rings. The largest absolute Gasteiger partial charge is 0.261 e. The molecule has 0 aromatic rings. The van der Waals surface area contributed by atoms with E-state index in [0.717, 1.165) is 6.54 Å². The normalized spacial score (nSPS) is 30.5. The Morgan fingerprint density at radius 2 is 1.36 bits per heavy atom. The van der Waals surface area contributed by atoms with E-state index in [-0.39, 0.29) is 0 Å². The Morgan fingerprint density at radius 3 is 1.93 bits per heavy atom. The fraction of sp³-hybridized carbons (Fsp3) is 1.00. The molecule has 0 bridgehead atoms. The Bertz CT molecular complexity index is 252. The van der Waals surface area contributed by atoms with Gasteiger partial charge in [0.1, 0.15) is 0 Å². The summed E-state index contributed by atoms with van der Waals surface area (Å²) in [6.07, 6.45) is 2.50. The average molecular weight is 216 g/mol. The van der Waals surface area contributed by atoms with E-state index in [1.165, 1.54) is 32.5 Å². The van der Waals surface area contributed by atoms with Crippen LogP contribution >= 0.6 is 7.51 Å². The van der Waals surface area contributed by atoms with Crippen LogP contribution in [0.4, 0.5) is 0 Å². The minimum atomic E-state index is -1.43. The Hall–Kier alpha value is 0.110. The quantitative estimate of drug-likeness (QED) is 0.573. The van der Waals surface area contributed by atoms with Crippen molar-refractivity contribution in [2.75, 3.05) is 47.3 Å². The fourth-order valence-electron chi connectivity index (χ4n) is 2.54. The third kappa shape index (κ3) is 1.45. The van der Waals surface area contributed by atoms with Gasteiger partial charge in [-0.25, -0.2) is 14.0 Å². The summed E-state index contributed by atoms with van der Waals surface area (Å²) < 4.78 is 12.4. The SMILES string of the molecule is CN1CCCN=P12N(C)CCCN2C. The number of hydrogen-bond donors (Lipinski definition) is 0. The molecule has 0 aromatic carbocycles. The molecule has 0 N–H and O–H groups in total. The van der Waals surface area contributed by atoms with Crippen molar-refractivity contribution in [2.45, 2.75) is 12.8 Å². The van der Waals surface area contributed by atoms with Crippen LogP contribution in [0.15, 0.2) is 4.74 Å². The van der Waals surface area contributed by atoms with E-state index in [9.17, 15) is 0 Å². The lowest BCUT2D eigenvalue weighted by molar-refractivity contribution is 0.315. The summed E-state index contributed by atoms with van der Waals surface area (Å²) in [5, 5.41) is 0. The lowest BCUT2D eigenvalue weighted by Gasteiger charge is -2.50. The molecule has 0 aromatic heterocycles. The summed E-state index contributed by atoms with van der Waals surface area (Å²) in [6, 6.07) is 0. The standard InChI is InChI=1S/C9H21N4P/c1-11-7-4-6-10-14(11)12(2)8-5-9-13(14)3/h4-9H2,1-3H3. The molecule has 2 aliphatic heterocycles. The number of hydrogen-bond acceptors (Lipinski definition) is 4. The first-order valence-corrected chi connectivity index (χ1v) is 7.01. The van der Waals surface area contributed by atoms with Crippen LogP contribution in [-0.2, 0) is 0 Å². The topological polar surface area (TPSA) is 22.1 Å². The van der Waals surface area contributed by atoms with Crippen LogP contribution in [0, 0.1) is 0 Å². The molecular weight excluding hydrogens is 195 g/mol. The minimum Gasteiger partial charge on any atom is -0.261 e. The second-order valence-corrected chi connectivity index (χ2v) is 7.66. The fourth-order valence-corrected chi connectivity index (χ4v) is 6.39. The zero-order valence-corrected chi connectivity index (χ0v) is 10.4. The van der Waals surface area contributed by atoms with Crippen molar-refractivity contribution >= 4 is 7.51 Å². The third-order valence-electron chi connectivity index (χ3n) is 3.27. The van der Waals surface area contributed by atoms with Crippen molar-refractivity contribution in [3.05, 3.63) is 0 Å². The average Bonchev–Trinajstić information content (AvgIpc) is 2.17. The molecule has 2 rings (SSSR count). The Kier molecular flexibility index (Phi) is 2.98.